The highest BCUT2D eigenvalue weighted by Gasteiger charge is 2.37. The van der Waals surface area contributed by atoms with Crippen LogP contribution in [0, 0.1) is 11.8 Å². The van der Waals surface area contributed by atoms with Crippen LogP contribution in [0.2, 0.25) is 0 Å². The number of aliphatic carboxylic acids is 1. The van der Waals surface area contributed by atoms with Gasteiger partial charge in [-0.1, -0.05) is 38.5 Å². The Labute approximate surface area is 125 Å². The number of benzene rings is 1. The molecule has 0 bridgehead atoms. The van der Waals surface area contributed by atoms with E-state index in [2.05, 4.69) is 12.2 Å². The number of carbonyl (C=O) groups is 2. The van der Waals surface area contributed by atoms with Crippen molar-refractivity contribution in [3.8, 4) is 0 Å². The highest BCUT2D eigenvalue weighted by atomic mass is 16.4. The topological polar surface area (TPSA) is 69.6 Å². The highest BCUT2D eigenvalue weighted by Crippen LogP contribution is 2.24. The fourth-order valence-electron chi connectivity index (χ4n) is 2.78. The zero-order valence-electron chi connectivity index (χ0n) is 12.5. The van der Waals surface area contributed by atoms with Crippen molar-refractivity contribution < 1.29 is 14.7 Å². The summed E-state index contributed by atoms with van der Waals surface area (Å²) in [5.74, 6) is -1.31. The smallest absolute Gasteiger partial charge is 0.321 e. The van der Waals surface area contributed by atoms with Gasteiger partial charge in [0.2, 0.25) is 0 Å². The molecule has 1 fully saturated rings. The predicted octanol–water partition coefficient (Wildman–Crippen LogP) is 2.82. The van der Waals surface area contributed by atoms with Gasteiger partial charge in [0.05, 0.1) is 5.92 Å². The molecule has 1 aliphatic heterocycles. The van der Waals surface area contributed by atoms with E-state index in [4.69, 9.17) is 5.11 Å². The lowest BCUT2D eigenvalue weighted by Crippen LogP contribution is -2.34. The van der Waals surface area contributed by atoms with Gasteiger partial charge >= 0.3 is 12.0 Å². The number of urea groups is 1. The van der Waals surface area contributed by atoms with E-state index in [1.165, 1.54) is 0 Å². The Morgan fingerprint density at radius 3 is 2.67 bits per heavy atom. The molecule has 1 aromatic rings. The Morgan fingerprint density at radius 2 is 2.05 bits per heavy atom. The van der Waals surface area contributed by atoms with E-state index in [1.54, 1.807) is 4.90 Å². The van der Waals surface area contributed by atoms with Crippen LogP contribution in [0.5, 0.6) is 0 Å². The lowest BCUT2D eigenvalue weighted by molar-refractivity contribution is -0.142. The average Bonchev–Trinajstić information content (AvgIpc) is 2.83. The largest absolute Gasteiger partial charge is 0.481 e. The van der Waals surface area contributed by atoms with Crippen LogP contribution in [0.15, 0.2) is 24.3 Å². The Hall–Kier alpha value is -2.04. The normalized spacial score (nSPS) is 21.3. The molecule has 2 rings (SSSR count). The van der Waals surface area contributed by atoms with Gasteiger partial charge in [-0.05, 0) is 24.0 Å². The summed E-state index contributed by atoms with van der Waals surface area (Å²) in [4.78, 5) is 25.0. The van der Waals surface area contributed by atoms with E-state index in [0.717, 1.165) is 24.1 Å². The maximum atomic E-state index is 12.3. The van der Waals surface area contributed by atoms with Gasteiger partial charge < -0.3 is 15.3 Å². The minimum atomic E-state index is -0.829. The SMILES string of the molecule is CCCc1ccccc1NC(=O)N1CC(C)C(C(=O)O)C1. The van der Waals surface area contributed by atoms with Crippen LogP contribution in [0.3, 0.4) is 0 Å². The Bertz CT molecular complexity index is 530. The second-order valence-corrected chi connectivity index (χ2v) is 5.66. The predicted molar refractivity (Wildman–Crippen MR) is 81.3 cm³/mol. The van der Waals surface area contributed by atoms with Crippen LogP contribution in [0.25, 0.3) is 0 Å². The van der Waals surface area contributed by atoms with Crippen molar-refractivity contribution in [1.82, 2.24) is 4.90 Å². The summed E-state index contributed by atoms with van der Waals surface area (Å²) in [6, 6.07) is 7.53. The number of aryl methyl sites for hydroxylation is 1. The molecule has 0 spiro atoms. The molecule has 1 heterocycles. The lowest BCUT2D eigenvalue weighted by Gasteiger charge is -2.18. The molecular formula is C16H22N2O3. The summed E-state index contributed by atoms with van der Waals surface area (Å²) in [5, 5.41) is 12.0. The number of hydrogen-bond acceptors (Lipinski definition) is 2. The molecule has 2 amide bonds. The molecule has 1 aromatic carbocycles. The summed E-state index contributed by atoms with van der Waals surface area (Å²) < 4.78 is 0. The quantitative estimate of drug-likeness (QED) is 0.896. The molecular weight excluding hydrogens is 268 g/mol. The maximum absolute atomic E-state index is 12.3. The van der Waals surface area contributed by atoms with Crippen molar-refractivity contribution in [2.24, 2.45) is 11.8 Å². The lowest BCUT2D eigenvalue weighted by atomic mass is 9.99. The molecule has 2 unspecified atom stereocenters. The number of amides is 2. The Balaban J connectivity index is 2.04. The summed E-state index contributed by atoms with van der Waals surface area (Å²) in [5.41, 5.74) is 1.92. The number of carboxylic acids is 1. The van der Waals surface area contributed by atoms with Crippen LogP contribution in [0.4, 0.5) is 10.5 Å². The average molecular weight is 290 g/mol. The van der Waals surface area contributed by atoms with Crippen molar-refractivity contribution in [3.63, 3.8) is 0 Å². The third-order valence-corrected chi connectivity index (χ3v) is 4.00. The first-order valence-electron chi connectivity index (χ1n) is 7.39. The molecule has 1 aliphatic rings. The van der Waals surface area contributed by atoms with Gasteiger partial charge in [-0.3, -0.25) is 4.79 Å². The number of rotatable bonds is 4. The van der Waals surface area contributed by atoms with Crippen molar-refractivity contribution in [3.05, 3.63) is 29.8 Å². The molecule has 0 saturated carbocycles. The Morgan fingerprint density at radius 1 is 1.33 bits per heavy atom. The van der Waals surface area contributed by atoms with Crippen LogP contribution in [-0.4, -0.2) is 35.1 Å². The maximum Gasteiger partial charge on any atom is 0.321 e. The molecule has 5 nitrogen and oxygen atoms in total. The molecule has 2 atom stereocenters. The van der Waals surface area contributed by atoms with Gasteiger partial charge in [-0.2, -0.15) is 0 Å². The summed E-state index contributed by atoms with van der Waals surface area (Å²) in [6.07, 6.45) is 1.92. The van der Waals surface area contributed by atoms with Gasteiger partial charge in [0.15, 0.2) is 0 Å². The molecule has 1 saturated heterocycles. The Kier molecular flexibility index (Phi) is 4.83. The third-order valence-electron chi connectivity index (χ3n) is 4.00. The number of carboxylic acid groups (broad SMARTS) is 1. The van der Waals surface area contributed by atoms with Crippen LogP contribution >= 0.6 is 0 Å². The van der Waals surface area contributed by atoms with Gasteiger partial charge in [-0.15, -0.1) is 0 Å². The number of nitrogens with zero attached hydrogens (tertiary/aromatic N) is 1. The van der Waals surface area contributed by atoms with Crippen LogP contribution in [0.1, 0.15) is 25.8 Å². The fraction of sp³-hybridized carbons (Fsp3) is 0.500. The second kappa shape index (κ2) is 6.61. The first-order valence-corrected chi connectivity index (χ1v) is 7.39. The zero-order valence-corrected chi connectivity index (χ0v) is 12.5. The number of anilines is 1. The molecule has 5 heteroatoms. The number of para-hydroxylation sites is 1. The van der Waals surface area contributed by atoms with Crippen LogP contribution in [-0.2, 0) is 11.2 Å². The number of carbonyl (C=O) groups excluding carboxylic acids is 1. The van der Waals surface area contributed by atoms with E-state index >= 15 is 0 Å². The van der Waals surface area contributed by atoms with E-state index in [-0.39, 0.29) is 18.5 Å². The van der Waals surface area contributed by atoms with Gasteiger partial charge in [0.25, 0.3) is 0 Å². The van der Waals surface area contributed by atoms with Crippen molar-refractivity contribution in [1.29, 1.82) is 0 Å². The highest BCUT2D eigenvalue weighted by molar-refractivity contribution is 5.91. The first kappa shape index (κ1) is 15.4. The van der Waals surface area contributed by atoms with Gasteiger partial charge in [-0.25, -0.2) is 4.79 Å². The van der Waals surface area contributed by atoms with Crippen LogP contribution < -0.4 is 5.32 Å². The fourth-order valence-corrected chi connectivity index (χ4v) is 2.78. The molecule has 114 valence electrons. The summed E-state index contributed by atoms with van der Waals surface area (Å²) >= 11 is 0. The number of nitrogens with one attached hydrogen (secondary N) is 1. The first-order chi connectivity index (χ1) is 10.0. The van der Waals surface area contributed by atoms with Crippen molar-refractivity contribution >= 4 is 17.7 Å². The van der Waals surface area contributed by atoms with E-state index in [1.807, 2.05) is 31.2 Å². The third kappa shape index (κ3) is 3.54. The summed E-state index contributed by atoms with van der Waals surface area (Å²) in [7, 11) is 0. The van der Waals surface area contributed by atoms with Gasteiger partial charge in [0.1, 0.15) is 0 Å². The minimum Gasteiger partial charge on any atom is -0.481 e. The molecule has 0 aliphatic carbocycles. The summed E-state index contributed by atoms with van der Waals surface area (Å²) in [6.45, 7) is 4.73. The molecule has 21 heavy (non-hydrogen) atoms. The van der Waals surface area contributed by atoms with E-state index in [9.17, 15) is 9.59 Å². The van der Waals surface area contributed by atoms with Gasteiger partial charge in [0, 0.05) is 18.8 Å². The molecule has 0 radical (unpaired) electrons. The second-order valence-electron chi connectivity index (χ2n) is 5.66. The van der Waals surface area contributed by atoms with Crippen molar-refractivity contribution in [2.45, 2.75) is 26.7 Å². The number of hydrogen-bond donors (Lipinski definition) is 2. The standard InChI is InChI=1S/C16H22N2O3/c1-3-6-12-7-4-5-8-14(12)17-16(21)18-9-11(2)13(10-18)15(19)20/h4-5,7-8,11,13H,3,6,9-10H2,1-2H3,(H,17,21)(H,19,20). The van der Waals surface area contributed by atoms with E-state index < -0.39 is 11.9 Å². The van der Waals surface area contributed by atoms with Crippen molar-refractivity contribution in [2.75, 3.05) is 18.4 Å². The molecule has 0 aromatic heterocycles. The van der Waals surface area contributed by atoms with E-state index in [0.29, 0.717) is 6.54 Å². The minimum absolute atomic E-state index is 0.0147. The number of likely N-dealkylation sites (tertiary alicyclic amines) is 1. The molecule has 2 N–H and O–H groups in total. The monoisotopic (exact) mass is 290 g/mol. The zero-order chi connectivity index (χ0) is 15.4.